The Hall–Kier alpha value is -2.13. The van der Waals surface area contributed by atoms with Gasteiger partial charge < -0.3 is 14.7 Å². The average molecular weight is 355 g/mol. The van der Waals surface area contributed by atoms with Crippen LogP contribution in [-0.4, -0.2) is 68.7 Å². The molecule has 2 aliphatic heterocycles. The first-order valence-electron chi connectivity index (χ1n) is 9.59. The van der Waals surface area contributed by atoms with Crippen molar-refractivity contribution in [2.45, 2.75) is 52.0 Å². The largest absolute Gasteiger partial charge is 0.444 e. The highest BCUT2D eigenvalue weighted by Gasteiger charge is 2.36. The van der Waals surface area contributed by atoms with Gasteiger partial charge in [-0.25, -0.2) is 9.86 Å². The van der Waals surface area contributed by atoms with Gasteiger partial charge in [0.1, 0.15) is 17.4 Å². The molecule has 9 heteroatoms. The number of amides is 2. The fourth-order valence-electron chi connectivity index (χ4n) is 2.89. The molecule has 1 unspecified atom stereocenters. The Bertz CT molecular complexity index is 786. The van der Waals surface area contributed by atoms with Crippen molar-refractivity contribution in [1.29, 1.82) is 0 Å². The van der Waals surface area contributed by atoms with Crippen molar-refractivity contribution < 1.29 is 28.4 Å². The van der Waals surface area contributed by atoms with Crippen LogP contribution in [0, 0.1) is 0 Å². The van der Waals surface area contributed by atoms with Gasteiger partial charge in [0.15, 0.2) is 0 Å². The Morgan fingerprint density at radius 2 is 2.28 bits per heavy atom. The topological polar surface area (TPSA) is 97.1 Å². The van der Waals surface area contributed by atoms with Crippen molar-refractivity contribution in [1.82, 2.24) is 19.7 Å². The lowest BCUT2D eigenvalue weighted by Crippen LogP contribution is -2.40. The Balaban J connectivity index is 1.96. The van der Waals surface area contributed by atoms with Crippen LogP contribution in [0.1, 0.15) is 46.6 Å². The van der Waals surface area contributed by atoms with Crippen molar-refractivity contribution in [2.75, 3.05) is 20.1 Å². The molecule has 0 bridgehead atoms. The van der Waals surface area contributed by atoms with E-state index in [1.54, 1.807) is 20.8 Å². The first-order chi connectivity index (χ1) is 12.9. The first-order valence-corrected chi connectivity index (χ1v) is 8.09. The number of aromatic nitrogens is 2. The maximum atomic E-state index is 12.9. The monoisotopic (exact) mass is 355 g/mol. The molecule has 0 radical (unpaired) electrons. The quantitative estimate of drug-likeness (QED) is 0.790. The van der Waals surface area contributed by atoms with Crippen molar-refractivity contribution in [3.8, 4) is 0 Å². The lowest BCUT2D eigenvalue weighted by Gasteiger charge is -2.30. The van der Waals surface area contributed by atoms with E-state index < -0.39 is 37.3 Å². The van der Waals surface area contributed by atoms with Crippen LogP contribution in [0.5, 0.6) is 0 Å². The molecule has 3 rings (SSSR count). The molecule has 0 saturated carbocycles. The molecule has 1 aromatic rings. The minimum atomic E-state index is -2.85. The number of ether oxygens (including phenoxy) is 1. The van der Waals surface area contributed by atoms with Gasteiger partial charge in [0.2, 0.25) is 0 Å². The summed E-state index contributed by atoms with van der Waals surface area (Å²) in [5, 5.41) is 14.2. The van der Waals surface area contributed by atoms with Gasteiger partial charge in [-0.15, -0.1) is 0 Å². The molecule has 1 atom stereocenters. The van der Waals surface area contributed by atoms with E-state index in [2.05, 4.69) is 5.10 Å². The summed E-state index contributed by atoms with van der Waals surface area (Å²) in [4.78, 5) is 32.0. The third-order valence-electron chi connectivity index (χ3n) is 3.97. The molecule has 0 saturated heterocycles. The fraction of sp³-hybridized carbons (Fsp3) is 0.688. The number of rotatable bonds is 1. The molecule has 0 aromatic carbocycles. The summed E-state index contributed by atoms with van der Waals surface area (Å²) in [7, 11) is 0. The average Bonchev–Trinajstić information content (AvgIpc) is 2.84. The molecule has 2 amide bonds. The van der Waals surface area contributed by atoms with E-state index in [1.807, 2.05) is 0 Å². The SMILES string of the molecule is [2H]C([2H])([2H])N1OC(CO)Cn2nc3c(c2C1=O)CN(C(=O)OC(C)(C)C)CC3. The van der Waals surface area contributed by atoms with E-state index in [0.717, 1.165) is 0 Å². The van der Waals surface area contributed by atoms with E-state index >= 15 is 0 Å². The van der Waals surface area contributed by atoms with Crippen molar-refractivity contribution in [3.05, 3.63) is 17.0 Å². The number of aliphatic hydroxyl groups is 1. The van der Waals surface area contributed by atoms with Crippen LogP contribution >= 0.6 is 0 Å². The Morgan fingerprint density at radius 3 is 2.92 bits per heavy atom. The third kappa shape index (κ3) is 3.47. The van der Waals surface area contributed by atoms with Gasteiger partial charge >= 0.3 is 6.09 Å². The van der Waals surface area contributed by atoms with Crippen molar-refractivity contribution >= 4 is 12.0 Å². The van der Waals surface area contributed by atoms with Gasteiger partial charge in [-0.2, -0.15) is 5.10 Å². The second kappa shape index (κ2) is 6.30. The number of carbonyl (C=O) groups excluding carboxylic acids is 2. The summed E-state index contributed by atoms with van der Waals surface area (Å²) in [6, 6.07) is 0. The molecule has 0 aliphatic carbocycles. The molecule has 1 aromatic heterocycles. The number of hydrogen-bond acceptors (Lipinski definition) is 6. The predicted molar refractivity (Wildman–Crippen MR) is 86.6 cm³/mol. The fourth-order valence-corrected chi connectivity index (χ4v) is 2.89. The number of aliphatic hydroxyl groups excluding tert-OH is 1. The highest BCUT2D eigenvalue weighted by Crippen LogP contribution is 2.27. The lowest BCUT2D eigenvalue weighted by molar-refractivity contribution is -0.159. The van der Waals surface area contributed by atoms with Crippen LogP contribution < -0.4 is 0 Å². The second-order valence-corrected chi connectivity index (χ2v) is 7.12. The number of hydrogen-bond donors (Lipinski definition) is 1. The third-order valence-corrected chi connectivity index (χ3v) is 3.97. The molecular weight excluding hydrogens is 328 g/mol. The number of hydroxylamine groups is 2. The standard InChI is InChI=1S/C16H24N4O5/c1-16(2,3)24-15(23)19-6-5-12-11(8-19)13-14(22)18(4)25-10(9-21)7-20(13)17-12/h10,21H,5-9H2,1-4H3/i4D3. The molecule has 2 aliphatic rings. The van der Waals surface area contributed by atoms with Crippen LogP contribution in [0.3, 0.4) is 0 Å². The molecule has 0 fully saturated rings. The van der Waals surface area contributed by atoms with E-state index in [-0.39, 0.29) is 18.8 Å². The zero-order chi connectivity index (χ0) is 20.9. The van der Waals surface area contributed by atoms with E-state index in [9.17, 15) is 14.7 Å². The predicted octanol–water partition coefficient (Wildman–Crippen LogP) is 0.554. The maximum absolute atomic E-state index is 12.9. The smallest absolute Gasteiger partial charge is 0.410 e. The minimum absolute atomic E-state index is 0.0175. The summed E-state index contributed by atoms with van der Waals surface area (Å²) in [6.45, 7) is 2.41. The summed E-state index contributed by atoms with van der Waals surface area (Å²) < 4.78 is 29.5. The van der Waals surface area contributed by atoms with Gasteiger partial charge in [-0.1, -0.05) is 0 Å². The summed E-state index contributed by atoms with van der Waals surface area (Å²) >= 11 is 0. The highest BCUT2D eigenvalue weighted by molar-refractivity contribution is 5.94. The van der Waals surface area contributed by atoms with Gasteiger partial charge in [0.05, 0.1) is 25.4 Å². The first kappa shape index (κ1) is 14.1. The van der Waals surface area contributed by atoms with E-state index in [1.165, 1.54) is 9.58 Å². The molecule has 3 heterocycles. The van der Waals surface area contributed by atoms with Gasteiger partial charge in [0.25, 0.3) is 5.91 Å². The lowest BCUT2D eigenvalue weighted by atomic mass is 10.1. The second-order valence-electron chi connectivity index (χ2n) is 7.12. The zero-order valence-electron chi connectivity index (χ0n) is 17.5. The molecule has 1 N–H and O–H groups in total. The molecule has 25 heavy (non-hydrogen) atoms. The molecular formula is C16H24N4O5. The van der Waals surface area contributed by atoms with Gasteiger partial charge in [-0.05, 0) is 20.8 Å². The Kier molecular flexibility index (Phi) is 3.55. The number of fused-ring (bicyclic) bond motifs is 3. The summed E-state index contributed by atoms with van der Waals surface area (Å²) in [6.07, 6.45) is -1.05. The van der Waals surface area contributed by atoms with Crippen LogP contribution in [0.15, 0.2) is 0 Å². The van der Waals surface area contributed by atoms with Crippen LogP contribution in [0.4, 0.5) is 4.79 Å². The molecule has 0 spiro atoms. The van der Waals surface area contributed by atoms with E-state index in [4.69, 9.17) is 13.7 Å². The van der Waals surface area contributed by atoms with Crippen LogP contribution in [-0.2, 0) is 29.1 Å². The Labute approximate surface area is 150 Å². The van der Waals surface area contributed by atoms with Crippen LogP contribution in [0.25, 0.3) is 0 Å². The van der Waals surface area contributed by atoms with E-state index in [0.29, 0.717) is 29.3 Å². The summed E-state index contributed by atoms with van der Waals surface area (Å²) in [5.41, 5.74) is 0.477. The highest BCUT2D eigenvalue weighted by atomic mass is 16.7. The van der Waals surface area contributed by atoms with Crippen LogP contribution in [0.2, 0.25) is 0 Å². The molecule has 138 valence electrons. The zero-order valence-corrected chi connectivity index (χ0v) is 14.5. The maximum Gasteiger partial charge on any atom is 0.410 e. The van der Waals surface area contributed by atoms with Crippen molar-refractivity contribution in [2.24, 2.45) is 0 Å². The minimum Gasteiger partial charge on any atom is -0.444 e. The number of nitrogens with zero attached hydrogens (tertiary/aromatic N) is 4. The van der Waals surface area contributed by atoms with Gasteiger partial charge in [0, 0.05) is 29.6 Å². The molecule has 9 nitrogen and oxygen atoms in total. The normalized spacial score (nSPS) is 23.1. The van der Waals surface area contributed by atoms with Crippen molar-refractivity contribution in [3.63, 3.8) is 0 Å². The number of carbonyl (C=O) groups is 2. The Morgan fingerprint density at radius 1 is 1.52 bits per heavy atom. The van der Waals surface area contributed by atoms with Gasteiger partial charge in [-0.3, -0.25) is 14.3 Å². The summed E-state index contributed by atoms with van der Waals surface area (Å²) in [5.74, 6) is -0.879.